The molecule has 348 valence electrons. The third-order valence-corrected chi connectivity index (χ3v) is 15.2. The van der Waals surface area contributed by atoms with E-state index in [-0.39, 0.29) is 59.7 Å². The van der Waals surface area contributed by atoms with Crippen molar-refractivity contribution in [3.05, 3.63) is 52.8 Å². The molecule has 3 aromatic rings. The summed E-state index contributed by atoms with van der Waals surface area (Å²) in [5.41, 5.74) is 8.02. The predicted octanol–water partition coefficient (Wildman–Crippen LogP) is 4.67. The minimum Gasteiger partial charge on any atom is -0.494 e. The summed E-state index contributed by atoms with van der Waals surface area (Å²) in [7, 11) is 3.66. The molecule has 0 radical (unpaired) electrons. The molecule has 1 spiro atoms. The molecule has 2 unspecified atom stereocenters. The SMILES string of the molecule is CC[C@H]1C(COc2ncc(C#CC3CCC(CN(C)C4CCC5(CC4)CC(Nc4cccc6c4C(=O)N(C4CCC(=O)NC4=O)C6=O)C5)CC3)c3nc(C(N)=O)c(OC)cc23)NC(=O)[C@H]1F. The maximum atomic E-state index is 14.5. The zero-order valence-electron chi connectivity index (χ0n) is 37.6. The molecule has 4 atom stereocenters. The molecule has 3 aliphatic heterocycles. The van der Waals surface area contributed by atoms with Crippen molar-refractivity contribution in [2.24, 2.45) is 28.9 Å². The molecule has 0 bridgehead atoms. The number of nitrogens with one attached hydrogen (secondary N) is 3. The highest BCUT2D eigenvalue weighted by Crippen LogP contribution is 2.53. The first-order chi connectivity index (χ1) is 31.8. The van der Waals surface area contributed by atoms with Gasteiger partial charge >= 0.3 is 0 Å². The molecule has 3 saturated carbocycles. The van der Waals surface area contributed by atoms with Gasteiger partial charge in [-0.15, -0.1) is 0 Å². The molecule has 2 saturated heterocycles. The van der Waals surface area contributed by atoms with Crippen molar-refractivity contribution in [2.45, 2.75) is 121 Å². The van der Waals surface area contributed by atoms with E-state index in [2.05, 4.69) is 49.7 Å². The van der Waals surface area contributed by atoms with Gasteiger partial charge in [0.05, 0.1) is 40.7 Å². The van der Waals surface area contributed by atoms with Crippen molar-refractivity contribution in [3.8, 4) is 23.5 Å². The minimum absolute atomic E-state index is 0.00103. The Morgan fingerprint density at radius 1 is 1.05 bits per heavy atom. The second-order valence-corrected chi connectivity index (χ2v) is 19.3. The number of piperidine rings is 1. The summed E-state index contributed by atoms with van der Waals surface area (Å²) in [4.78, 5) is 88.3. The third kappa shape index (κ3) is 8.55. The summed E-state index contributed by atoms with van der Waals surface area (Å²) in [5.74, 6) is 3.93. The Morgan fingerprint density at radius 3 is 2.50 bits per heavy atom. The van der Waals surface area contributed by atoms with Crippen molar-refractivity contribution < 1.29 is 42.6 Å². The summed E-state index contributed by atoms with van der Waals surface area (Å²) in [6.07, 6.45) is 11.3. The van der Waals surface area contributed by atoms with Crippen LogP contribution in [0.25, 0.3) is 10.9 Å². The average molecular weight is 905 g/mol. The number of carbonyl (C=O) groups excluding carboxylic acids is 6. The van der Waals surface area contributed by atoms with Crippen LogP contribution >= 0.6 is 0 Å². The molecular formula is C49H57FN8O8. The molecule has 5 fully saturated rings. The number of primary amides is 1. The molecule has 66 heavy (non-hydrogen) atoms. The van der Waals surface area contributed by atoms with E-state index < -0.39 is 59.6 Å². The van der Waals surface area contributed by atoms with Crippen molar-refractivity contribution in [3.63, 3.8) is 0 Å². The molecule has 16 nitrogen and oxygen atoms in total. The number of anilines is 1. The molecule has 1 aromatic carbocycles. The lowest BCUT2D eigenvalue weighted by Gasteiger charge is -2.53. The van der Waals surface area contributed by atoms with Crippen LogP contribution in [0.1, 0.15) is 127 Å². The van der Waals surface area contributed by atoms with Crippen LogP contribution in [0.4, 0.5) is 10.1 Å². The molecule has 3 aliphatic carbocycles. The zero-order chi connectivity index (χ0) is 46.4. The fourth-order valence-electron chi connectivity index (χ4n) is 11.5. The number of aromatic nitrogens is 2. The van der Waals surface area contributed by atoms with E-state index in [4.69, 9.17) is 15.2 Å². The Morgan fingerprint density at radius 2 is 1.80 bits per heavy atom. The number of imide groups is 2. The number of hydrogen-bond donors (Lipinski definition) is 4. The lowest BCUT2D eigenvalue weighted by Crippen LogP contribution is -2.54. The summed E-state index contributed by atoms with van der Waals surface area (Å²) in [6.45, 7) is 2.87. The molecule has 6 aliphatic rings. The average Bonchev–Trinajstić information content (AvgIpc) is 3.72. The van der Waals surface area contributed by atoms with Crippen molar-refractivity contribution in [1.29, 1.82) is 0 Å². The number of benzene rings is 1. The summed E-state index contributed by atoms with van der Waals surface area (Å²) >= 11 is 0. The Labute approximate surface area is 382 Å². The Bertz CT molecular complexity index is 2530. The quantitative estimate of drug-likeness (QED) is 0.144. The van der Waals surface area contributed by atoms with Gasteiger partial charge in [-0.2, -0.15) is 0 Å². The Hall–Kier alpha value is -6.15. The highest BCUT2D eigenvalue weighted by Gasteiger charge is 2.49. The number of halogens is 1. The molecule has 5 N–H and O–H groups in total. The standard InChI is InChI=1S/C49H57FN8O8/c1-4-31-35(54-45(62)40(31)50)25-66-46-33-20-37(65-3)42(43(51)60)56-41(33)28(23-52-46)13-12-26-8-10-27(11-9-26)24-57(2)30-16-18-49(19-17-30)21-29(22-49)53-34-7-5-6-32-39(34)48(64)58(47(32)63)36-14-15-38(59)55-44(36)61/h5-7,20,23,26-27,29-31,35-36,40,53H,4,8-11,14-19,21-22,24-25H2,1-3H3,(H2,51,60)(H,54,62)(H,55,59,61)/t26?,27?,29?,30?,31-,35?,36?,40-,49?/m0/s1. The summed E-state index contributed by atoms with van der Waals surface area (Å²) in [6, 6.07) is 6.01. The topological polar surface area (TPSA) is 215 Å². The van der Waals surface area contributed by atoms with Gasteiger partial charge in [-0.3, -0.25) is 39.0 Å². The highest BCUT2D eigenvalue weighted by molar-refractivity contribution is 6.25. The largest absolute Gasteiger partial charge is 0.494 e. The molecule has 5 heterocycles. The van der Waals surface area contributed by atoms with Crippen LogP contribution in [0.2, 0.25) is 0 Å². The monoisotopic (exact) mass is 904 g/mol. The van der Waals surface area contributed by atoms with Gasteiger partial charge in [-0.25, -0.2) is 14.4 Å². The highest BCUT2D eigenvalue weighted by atomic mass is 19.1. The summed E-state index contributed by atoms with van der Waals surface area (Å²) < 4.78 is 26.0. The maximum absolute atomic E-state index is 14.5. The number of fused-ring (bicyclic) bond motifs is 2. The van der Waals surface area contributed by atoms with Crippen LogP contribution in [0.3, 0.4) is 0 Å². The first kappa shape index (κ1) is 45.0. The number of carbonyl (C=O) groups is 6. The van der Waals surface area contributed by atoms with Crippen LogP contribution in [0, 0.1) is 35.0 Å². The van der Waals surface area contributed by atoms with E-state index in [1.165, 1.54) is 7.11 Å². The lowest BCUT2D eigenvalue weighted by molar-refractivity contribution is -0.136. The van der Waals surface area contributed by atoms with Crippen LogP contribution in [0.5, 0.6) is 11.6 Å². The van der Waals surface area contributed by atoms with E-state index in [0.717, 1.165) is 75.7 Å². The molecule has 6 amide bonds. The van der Waals surface area contributed by atoms with Crippen LogP contribution in [-0.4, -0.2) is 113 Å². The Kier molecular flexibility index (Phi) is 12.5. The van der Waals surface area contributed by atoms with Crippen LogP contribution in [-0.2, 0) is 14.4 Å². The van der Waals surface area contributed by atoms with Gasteiger partial charge in [-0.1, -0.05) is 24.8 Å². The lowest BCUT2D eigenvalue weighted by atomic mass is 9.57. The number of pyridine rings is 2. The first-order valence-corrected chi connectivity index (χ1v) is 23.3. The van der Waals surface area contributed by atoms with E-state index in [1.54, 1.807) is 24.4 Å². The Balaban J connectivity index is 0.763. The number of nitrogens with zero attached hydrogens (tertiary/aromatic N) is 4. The van der Waals surface area contributed by atoms with Crippen LogP contribution < -0.4 is 31.2 Å². The number of rotatable bonds is 12. The van der Waals surface area contributed by atoms with Crippen molar-refractivity contribution in [1.82, 2.24) is 30.4 Å². The van der Waals surface area contributed by atoms with E-state index in [9.17, 15) is 33.2 Å². The van der Waals surface area contributed by atoms with E-state index >= 15 is 0 Å². The number of ether oxygens (including phenoxy) is 2. The molecule has 17 heteroatoms. The summed E-state index contributed by atoms with van der Waals surface area (Å²) in [5, 5.41) is 8.96. The number of nitrogens with two attached hydrogens (primary N) is 1. The van der Waals surface area contributed by atoms with E-state index in [0.29, 0.717) is 46.1 Å². The maximum Gasteiger partial charge on any atom is 0.271 e. The van der Waals surface area contributed by atoms with Gasteiger partial charge in [0, 0.05) is 48.8 Å². The van der Waals surface area contributed by atoms with Crippen LogP contribution in [0.15, 0.2) is 30.5 Å². The van der Waals surface area contributed by atoms with Gasteiger partial charge in [0.25, 0.3) is 23.6 Å². The van der Waals surface area contributed by atoms with Gasteiger partial charge in [0.15, 0.2) is 17.6 Å². The number of amides is 6. The number of hydrogen-bond acceptors (Lipinski definition) is 12. The minimum atomic E-state index is -1.60. The van der Waals surface area contributed by atoms with Gasteiger partial charge < -0.3 is 30.7 Å². The van der Waals surface area contributed by atoms with Gasteiger partial charge in [-0.05, 0) is 114 Å². The zero-order valence-corrected chi connectivity index (χ0v) is 37.6. The second kappa shape index (κ2) is 18.3. The fourth-order valence-corrected chi connectivity index (χ4v) is 11.5. The van der Waals surface area contributed by atoms with Gasteiger partial charge in [0.1, 0.15) is 12.6 Å². The predicted molar refractivity (Wildman–Crippen MR) is 240 cm³/mol. The van der Waals surface area contributed by atoms with Crippen molar-refractivity contribution >= 4 is 52.0 Å². The fraction of sp³-hybridized carbons (Fsp3) is 0.551. The number of alkyl halides is 1. The molecular weight excluding hydrogens is 848 g/mol. The van der Waals surface area contributed by atoms with E-state index in [1.807, 2.05) is 13.0 Å². The number of methoxy groups -OCH3 is 1. The smallest absolute Gasteiger partial charge is 0.271 e. The first-order valence-electron chi connectivity index (χ1n) is 23.3. The normalized spacial score (nSPS) is 29.5. The second-order valence-electron chi connectivity index (χ2n) is 19.3. The molecule has 2 aromatic heterocycles. The molecule has 9 rings (SSSR count). The third-order valence-electron chi connectivity index (χ3n) is 15.2. The van der Waals surface area contributed by atoms with Gasteiger partial charge in [0.2, 0.25) is 17.7 Å². The van der Waals surface area contributed by atoms with Crippen molar-refractivity contribution in [2.75, 3.05) is 32.6 Å².